The number of ether oxygens (including phenoxy) is 1. The summed E-state index contributed by atoms with van der Waals surface area (Å²) >= 11 is 0. The Bertz CT molecular complexity index is 498. The number of hydrogen-bond acceptors (Lipinski definition) is 2. The van der Waals surface area contributed by atoms with E-state index in [1.165, 1.54) is 18.4 Å². The Morgan fingerprint density at radius 1 is 1.27 bits per heavy atom. The first-order chi connectivity index (χ1) is 10.4. The maximum absolute atomic E-state index is 10.4. The molecule has 0 amide bonds. The van der Waals surface area contributed by atoms with E-state index in [0.29, 0.717) is 6.61 Å². The van der Waals surface area contributed by atoms with Crippen molar-refractivity contribution >= 4 is 0 Å². The van der Waals surface area contributed by atoms with Crippen LogP contribution in [0.25, 0.3) is 0 Å². The number of benzene rings is 1. The Balaban J connectivity index is 1.95. The molecule has 1 unspecified atom stereocenters. The van der Waals surface area contributed by atoms with Crippen LogP contribution in [0.1, 0.15) is 32.3 Å². The predicted molar refractivity (Wildman–Crippen MR) is 89.1 cm³/mol. The first-order valence-electron chi connectivity index (χ1n) is 8.14. The molecule has 1 atom stereocenters. The van der Waals surface area contributed by atoms with Gasteiger partial charge in [-0.1, -0.05) is 36.3 Å². The van der Waals surface area contributed by atoms with Crippen LogP contribution in [0.3, 0.4) is 0 Å². The third-order valence-corrected chi connectivity index (χ3v) is 4.46. The van der Waals surface area contributed by atoms with Crippen LogP contribution in [0.5, 0.6) is 0 Å². The topological polar surface area (TPSA) is 29.5 Å². The molecule has 0 radical (unpaired) electrons. The van der Waals surface area contributed by atoms with Crippen LogP contribution in [0.2, 0.25) is 0 Å². The molecule has 1 heterocycles. The van der Waals surface area contributed by atoms with Crippen molar-refractivity contribution in [2.24, 2.45) is 0 Å². The van der Waals surface area contributed by atoms with Crippen molar-refractivity contribution in [3.8, 4) is 12.3 Å². The summed E-state index contributed by atoms with van der Waals surface area (Å²) in [5, 5.41) is 10.4. The number of quaternary nitrogens is 1. The molecule has 3 nitrogen and oxygen atoms in total. The molecule has 2 rings (SSSR count). The predicted octanol–water partition coefficient (Wildman–Crippen LogP) is 2.59. The van der Waals surface area contributed by atoms with Gasteiger partial charge in [0.1, 0.15) is 24.8 Å². The van der Waals surface area contributed by atoms with Gasteiger partial charge in [-0.3, -0.25) is 0 Å². The fraction of sp³-hybridized carbons (Fsp3) is 0.579. The normalized spacial score (nSPS) is 18.8. The highest BCUT2D eigenvalue weighted by Crippen LogP contribution is 2.24. The molecular weight excluding hydrogens is 274 g/mol. The van der Waals surface area contributed by atoms with Crippen LogP contribution in [0.4, 0.5) is 0 Å². The number of aliphatic hydroxyl groups excluding tert-OH is 1. The monoisotopic (exact) mass is 302 g/mol. The minimum absolute atomic E-state index is 0.298. The Labute approximate surface area is 134 Å². The van der Waals surface area contributed by atoms with Crippen LogP contribution in [-0.2, 0) is 11.3 Å². The maximum atomic E-state index is 10.4. The van der Waals surface area contributed by atoms with Gasteiger partial charge in [0.2, 0.25) is 0 Å². The molecule has 0 bridgehead atoms. The first kappa shape index (κ1) is 17.0. The minimum atomic E-state index is -0.615. The van der Waals surface area contributed by atoms with Crippen LogP contribution >= 0.6 is 0 Å². The minimum Gasteiger partial charge on any atom is -0.385 e. The quantitative estimate of drug-likeness (QED) is 0.620. The van der Waals surface area contributed by atoms with Crippen molar-refractivity contribution in [2.75, 3.05) is 26.2 Å². The Morgan fingerprint density at radius 3 is 2.50 bits per heavy atom. The zero-order valence-corrected chi connectivity index (χ0v) is 13.8. The summed E-state index contributed by atoms with van der Waals surface area (Å²) < 4.78 is 6.60. The molecule has 1 fully saturated rings. The van der Waals surface area contributed by atoms with Gasteiger partial charge in [-0.05, 0) is 13.8 Å². The molecule has 120 valence electrons. The summed E-state index contributed by atoms with van der Waals surface area (Å²) in [6.07, 6.45) is 7.41. The third-order valence-electron chi connectivity index (χ3n) is 4.46. The van der Waals surface area contributed by atoms with E-state index >= 15 is 0 Å². The van der Waals surface area contributed by atoms with Crippen LogP contribution in [-0.4, -0.2) is 47.5 Å². The van der Waals surface area contributed by atoms with Crippen molar-refractivity contribution in [3.05, 3.63) is 35.9 Å². The molecule has 0 saturated carbocycles. The fourth-order valence-corrected chi connectivity index (χ4v) is 3.23. The lowest BCUT2D eigenvalue weighted by Gasteiger charge is -2.36. The van der Waals surface area contributed by atoms with Gasteiger partial charge in [0.15, 0.2) is 0 Å². The smallest absolute Gasteiger partial charge is 0.126 e. The second-order valence-corrected chi connectivity index (χ2v) is 6.94. The standard InChI is InChI=1S/C19H28NO2/c1-4-19(2,3)22-16-18(21)15-20(12-8-9-13-20)14-17-10-6-5-7-11-17/h1,5-7,10-11,18,21H,8-9,12-16H2,2-3H3/q+1. The van der Waals surface area contributed by atoms with E-state index in [1.807, 2.05) is 19.9 Å². The SMILES string of the molecule is C#CC(C)(C)OCC(O)C[N+]1(Cc2ccccc2)CCCC1. The fourth-order valence-electron chi connectivity index (χ4n) is 3.23. The first-order valence-corrected chi connectivity index (χ1v) is 8.14. The molecule has 0 aromatic heterocycles. The highest BCUT2D eigenvalue weighted by molar-refractivity contribution is 5.13. The Kier molecular flexibility index (Phi) is 5.63. The van der Waals surface area contributed by atoms with Crippen molar-refractivity contribution in [3.63, 3.8) is 0 Å². The second kappa shape index (κ2) is 7.28. The highest BCUT2D eigenvalue weighted by atomic mass is 16.5. The summed E-state index contributed by atoms with van der Waals surface area (Å²) in [6, 6.07) is 10.5. The molecule has 3 heteroatoms. The molecule has 1 saturated heterocycles. The number of hydrogen-bond donors (Lipinski definition) is 1. The van der Waals surface area contributed by atoms with E-state index in [2.05, 4.69) is 30.2 Å². The lowest BCUT2D eigenvalue weighted by molar-refractivity contribution is -0.932. The molecule has 1 aliphatic rings. The molecule has 1 N–H and O–H groups in total. The third kappa shape index (κ3) is 4.84. The summed E-state index contributed by atoms with van der Waals surface area (Å²) in [5.74, 6) is 2.60. The Hall–Kier alpha value is -1.34. The van der Waals surface area contributed by atoms with Crippen molar-refractivity contribution in [1.29, 1.82) is 0 Å². The van der Waals surface area contributed by atoms with Gasteiger partial charge >= 0.3 is 0 Å². The number of nitrogens with zero attached hydrogens (tertiary/aromatic N) is 1. The van der Waals surface area contributed by atoms with Gasteiger partial charge in [-0.2, -0.15) is 0 Å². The number of aliphatic hydroxyl groups is 1. The largest absolute Gasteiger partial charge is 0.385 e. The zero-order chi connectivity index (χ0) is 16.1. The van der Waals surface area contributed by atoms with E-state index in [4.69, 9.17) is 11.2 Å². The van der Waals surface area contributed by atoms with Gasteiger partial charge in [0, 0.05) is 18.4 Å². The number of likely N-dealkylation sites (tertiary alicyclic amines) is 1. The van der Waals surface area contributed by atoms with Crippen LogP contribution < -0.4 is 0 Å². The Morgan fingerprint density at radius 2 is 1.91 bits per heavy atom. The summed E-state index contributed by atoms with van der Waals surface area (Å²) in [7, 11) is 0. The maximum Gasteiger partial charge on any atom is 0.126 e. The van der Waals surface area contributed by atoms with E-state index in [0.717, 1.165) is 30.7 Å². The number of terminal acetylenes is 1. The molecule has 1 aromatic rings. The average molecular weight is 302 g/mol. The lowest BCUT2D eigenvalue weighted by atomic mass is 10.1. The molecule has 0 spiro atoms. The molecule has 0 aliphatic carbocycles. The van der Waals surface area contributed by atoms with Crippen LogP contribution in [0.15, 0.2) is 30.3 Å². The number of rotatable bonds is 7. The lowest BCUT2D eigenvalue weighted by Crippen LogP contribution is -2.50. The molecule has 1 aromatic carbocycles. The van der Waals surface area contributed by atoms with E-state index < -0.39 is 11.7 Å². The zero-order valence-electron chi connectivity index (χ0n) is 13.8. The molecular formula is C19H28NO2+. The van der Waals surface area contributed by atoms with Gasteiger partial charge in [0.25, 0.3) is 0 Å². The average Bonchev–Trinajstić information content (AvgIpc) is 2.94. The van der Waals surface area contributed by atoms with Gasteiger partial charge in [-0.15, -0.1) is 6.42 Å². The van der Waals surface area contributed by atoms with Crippen molar-refractivity contribution < 1.29 is 14.3 Å². The van der Waals surface area contributed by atoms with E-state index in [9.17, 15) is 5.11 Å². The van der Waals surface area contributed by atoms with Gasteiger partial charge in [-0.25, -0.2) is 0 Å². The van der Waals surface area contributed by atoms with E-state index in [1.54, 1.807) is 0 Å². The van der Waals surface area contributed by atoms with Crippen molar-refractivity contribution in [2.45, 2.75) is 44.9 Å². The van der Waals surface area contributed by atoms with Gasteiger partial charge in [0.05, 0.1) is 19.7 Å². The molecule has 1 aliphatic heterocycles. The van der Waals surface area contributed by atoms with Crippen LogP contribution in [0, 0.1) is 12.3 Å². The van der Waals surface area contributed by atoms with Gasteiger partial charge < -0.3 is 14.3 Å². The summed E-state index contributed by atoms with van der Waals surface area (Å²) in [5.41, 5.74) is 0.720. The summed E-state index contributed by atoms with van der Waals surface area (Å²) in [4.78, 5) is 0. The second-order valence-electron chi connectivity index (χ2n) is 6.94. The highest BCUT2D eigenvalue weighted by Gasteiger charge is 2.34. The van der Waals surface area contributed by atoms with E-state index in [-0.39, 0.29) is 0 Å². The molecule has 22 heavy (non-hydrogen) atoms. The van der Waals surface area contributed by atoms with Crippen molar-refractivity contribution in [1.82, 2.24) is 0 Å². The summed E-state index contributed by atoms with van der Waals surface area (Å²) in [6.45, 7) is 7.97.